The van der Waals surface area contributed by atoms with E-state index in [0.717, 1.165) is 5.56 Å². The first-order chi connectivity index (χ1) is 9.58. The van der Waals surface area contributed by atoms with Gasteiger partial charge < -0.3 is 0 Å². The zero-order valence-electron chi connectivity index (χ0n) is 10.3. The summed E-state index contributed by atoms with van der Waals surface area (Å²) in [6.07, 6.45) is 3.28. The van der Waals surface area contributed by atoms with Gasteiger partial charge in [0.05, 0.1) is 15.4 Å². The summed E-state index contributed by atoms with van der Waals surface area (Å²) in [5, 5.41) is 21.4. The van der Waals surface area contributed by atoms with Crippen LogP contribution in [-0.4, -0.2) is 9.85 Å². The van der Waals surface area contributed by atoms with Crippen LogP contribution in [0.4, 0.5) is 11.4 Å². The first-order valence-electron chi connectivity index (χ1n) is 5.74. The second-order valence-electron chi connectivity index (χ2n) is 4.00. The van der Waals surface area contributed by atoms with Gasteiger partial charge in [-0.2, -0.15) is 0 Å². The standard InChI is InChI=1S/C14H10N2O4/c17-15(18)13-9-6-11(7-10-13)5-8-12-3-1-2-4-14(12)16(19)20/h1-10H. The molecule has 0 atom stereocenters. The molecule has 0 fully saturated rings. The van der Waals surface area contributed by atoms with Crippen molar-refractivity contribution in [3.8, 4) is 0 Å². The van der Waals surface area contributed by atoms with Crippen molar-refractivity contribution in [2.45, 2.75) is 0 Å². The Hall–Kier alpha value is -3.02. The normalized spacial score (nSPS) is 10.6. The maximum Gasteiger partial charge on any atom is 0.276 e. The Kier molecular flexibility index (Phi) is 3.85. The Morgan fingerprint density at radius 3 is 2.05 bits per heavy atom. The van der Waals surface area contributed by atoms with Crippen molar-refractivity contribution in [3.63, 3.8) is 0 Å². The molecule has 2 rings (SSSR count). The summed E-state index contributed by atoms with van der Waals surface area (Å²) in [7, 11) is 0. The van der Waals surface area contributed by atoms with Crippen LogP contribution in [0, 0.1) is 20.2 Å². The molecule has 0 radical (unpaired) electrons. The monoisotopic (exact) mass is 270 g/mol. The molecular weight excluding hydrogens is 260 g/mol. The average molecular weight is 270 g/mol. The molecule has 0 amide bonds. The summed E-state index contributed by atoms with van der Waals surface area (Å²) in [6.45, 7) is 0. The SMILES string of the molecule is O=[N+]([O-])c1ccc(C=Cc2ccccc2[N+](=O)[O-])cc1. The summed E-state index contributed by atoms with van der Waals surface area (Å²) in [4.78, 5) is 20.4. The first-order valence-corrected chi connectivity index (χ1v) is 5.74. The summed E-state index contributed by atoms with van der Waals surface area (Å²) >= 11 is 0. The molecule has 2 aromatic rings. The molecule has 0 aliphatic carbocycles. The quantitative estimate of drug-likeness (QED) is 0.481. The summed E-state index contributed by atoms with van der Waals surface area (Å²) in [5.74, 6) is 0. The molecule has 20 heavy (non-hydrogen) atoms. The maximum absolute atomic E-state index is 10.8. The minimum absolute atomic E-state index is 0.00726. The highest BCUT2D eigenvalue weighted by Gasteiger charge is 2.09. The third-order valence-electron chi connectivity index (χ3n) is 2.69. The highest BCUT2D eigenvalue weighted by Crippen LogP contribution is 2.21. The number of hydrogen-bond acceptors (Lipinski definition) is 4. The van der Waals surface area contributed by atoms with Gasteiger partial charge in [0, 0.05) is 18.2 Å². The Balaban J connectivity index is 2.25. The van der Waals surface area contributed by atoms with Crippen LogP contribution in [0.25, 0.3) is 12.2 Å². The van der Waals surface area contributed by atoms with E-state index in [9.17, 15) is 20.2 Å². The third kappa shape index (κ3) is 3.05. The molecule has 2 aromatic carbocycles. The first kappa shape index (κ1) is 13.4. The number of para-hydroxylation sites is 1. The van der Waals surface area contributed by atoms with Gasteiger partial charge in [-0.25, -0.2) is 0 Å². The van der Waals surface area contributed by atoms with Crippen molar-refractivity contribution < 1.29 is 9.85 Å². The summed E-state index contributed by atoms with van der Waals surface area (Å²) in [5.41, 5.74) is 1.24. The number of nitrogens with zero attached hydrogens (tertiary/aromatic N) is 2. The van der Waals surface area contributed by atoms with E-state index < -0.39 is 9.85 Å². The van der Waals surface area contributed by atoms with Crippen LogP contribution in [0.1, 0.15) is 11.1 Å². The second-order valence-corrected chi connectivity index (χ2v) is 4.00. The van der Waals surface area contributed by atoms with Crippen molar-refractivity contribution in [3.05, 3.63) is 79.9 Å². The van der Waals surface area contributed by atoms with E-state index in [2.05, 4.69) is 0 Å². The lowest BCUT2D eigenvalue weighted by Gasteiger charge is -1.97. The molecule has 0 bridgehead atoms. The molecule has 0 aliphatic rings. The number of hydrogen-bond donors (Lipinski definition) is 0. The lowest BCUT2D eigenvalue weighted by atomic mass is 10.1. The van der Waals surface area contributed by atoms with Crippen LogP contribution in [0.15, 0.2) is 48.5 Å². The molecule has 0 saturated heterocycles. The largest absolute Gasteiger partial charge is 0.276 e. The van der Waals surface area contributed by atoms with E-state index in [4.69, 9.17) is 0 Å². The zero-order valence-corrected chi connectivity index (χ0v) is 10.3. The van der Waals surface area contributed by atoms with Crippen molar-refractivity contribution in [1.82, 2.24) is 0 Å². The maximum atomic E-state index is 10.8. The summed E-state index contributed by atoms with van der Waals surface area (Å²) < 4.78 is 0. The zero-order chi connectivity index (χ0) is 14.5. The van der Waals surface area contributed by atoms with Crippen LogP contribution >= 0.6 is 0 Å². The number of nitro benzene ring substituents is 2. The molecule has 0 heterocycles. The lowest BCUT2D eigenvalue weighted by Crippen LogP contribution is -1.90. The number of non-ortho nitro benzene ring substituents is 1. The number of rotatable bonds is 4. The van der Waals surface area contributed by atoms with Crippen LogP contribution in [-0.2, 0) is 0 Å². The van der Waals surface area contributed by atoms with E-state index in [-0.39, 0.29) is 11.4 Å². The van der Waals surface area contributed by atoms with Gasteiger partial charge in [-0.15, -0.1) is 0 Å². The topological polar surface area (TPSA) is 86.3 Å². The van der Waals surface area contributed by atoms with Crippen LogP contribution in [0.3, 0.4) is 0 Å². The Morgan fingerprint density at radius 1 is 0.800 bits per heavy atom. The number of benzene rings is 2. The second kappa shape index (κ2) is 5.75. The van der Waals surface area contributed by atoms with Crippen molar-refractivity contribution in [2.75, 3.05) is 0 Å². The van der Waals surface area contributed by atoms with Crippen molar-refractivity contribution >= 4 is 23.5 Å². The predicted octanol–water partition coefficient (Wildman–Crippen LogP) is 3.67. The molecule has 100 valence electrons. The molecule has 0 N–H and O–H groups in total. The average Bonchev–Trinajstić information content (AvgIpc) is 2.45. The Labute approximate surface area is 114 Å². The van der Waals surface area contributed by atoms with Crippen LogP contribution in [0.5, 0.6) is 0 Å². The van der Waals surface area contributed by atoms with Gasteiger partial charge in [0.25, 0.3) is 11.4 Å². The van der Waals surface area contributed by atoms with Crippen molar-refractivity contribution in [2.24, 2.45) is 0 Å². The van der Waals surface area contributed by atoms with Gasteiger partial charge in [0.2, 0.25) is 0 Å². The highest BCUT2D eigenvalue weighted by molar-refractivity contribution is 5.74. The van der Waals surface area contributed by atoms with Gasteiger partial charge in [-0.05, 0) is 29.8 Å². The minimum atomic E-state index is -0.477. The molecule has 6 nitrogen and oxygen atoms in total. The third-order valence-corrected chi connectivity index (χ3v) is 2.69. The van der Waals surface area contributed by atoms with E-state index in [1.807, 2.05) is 0 Å². The number of nitro groups is 2. The molecule has 0 saturated carbocycles. The van der Waals surface area contributed by atoms with E-state index in [1.165, 1.54) is 18.2 Å². The fraction of sp³-hybridized carbons (Fsp3) is 0. The fourth-order valence-corrected chi connectivity index (χ4v) is 1.69. The fourth-order valence-electron chi connectivity index (χ4n) is 1.69. The van der Waals surface area contributed by atoms with Gasteiger partial charge in [-0.1, -0.05) is 18.2 Å². The van der Waals surface area contributed by atoms with Gasteiger partial charge in [0.15, 0.2) is 0 Å². The molecule has 0 unspecified atom stereocenters. The van der Waals surface area contributed by atoms with Crippen LogP contribution < -0.4 is 0 Å². The molecule has 0 spiro atoms. The summed E-state index contributed by atoms with van der Waals surface area (Å²) in [6, 6.07) is 12.3. The van der Waals surface area contributed by atoms with Crippen molar-refractivity contribution in [1.29, 1.82) is 0 Å². The lowest BCUT2D eigenvalue weighted by molar-refractivity contribution is -0.385. The van der Waals surface area contributed by atoms with E-state index in [1.54, 1.807) is 42.5 Å². The Morgan fingerprint density at radius 2 is 1.45 bits per heavy atom. The van der Waals surface area contributed by atoms with E-state index >= 15 is 0 Å². The smallest absolute Gasteiger partial charge is 0.258 e. The molecular formula is C14H10N2O4. The van der Waals surface area contributed by atoms with Crippen LogP contribution in [0.2, 0.25) is 0 Å². The Bertz CT molecular complexity index is 678. The minimum Gasteiger partial charge on any atom is -0.258 e. The molecule has 0 aromatic heterocycles. The highest BCUT2D eigenvalue weighted by atomic mass is 16.6. The van der Waals surface area contributed by atoms with Gasteiger partial charge in [0.1, 0.15) is 0 Å². The molecule has 6 heteroatoms. The molecule has 0 aliphatic heterocycles. The van der Waals surface area contributed by atoms with Gasteiger partial charge in [-0.3, -0.25) is 20.2 Å². The van der Waals surface area contributed by atoms with Gasteiger partial charge >= 0.3 is 0 Å². The van der Waals surface area contributed by atoms with E-state index in [0.29, 0.717) is 5.56 Å². The predicted molar refractivity (Wildman–Crippen MR) is 75.1 cm³/mol.